The van der Waals surface area contributed by atoms with Crippen LogP contribution in [0.2, 0.25) is 5.02 Å². The fourth-order valence-electron chi connectivity index (χ4n) is 4.51. The van der Waals surface area contributed by atoms with Gasteiger partial charge >= 0.3 is 36.2 Å². The Bertz CT molecular complexity index is 2330. The highest BCUT2D eigenvalue weighted by molar-refractivity contribution is 7.98. The maximum atomic E-state index is 12.6. The number of nitrogens with zero attached hydrogens (tertiary/aromatic N) is 4. The van der Waals surface area contributed by atoms with Crippen LogP contribution in [0.4, 0.5) is 32.2 Å². The first-order chi connectivity index (χ1) is 30.2. The minimum atomic E-state index is -5.08. The van der Waals surface area contributed by atoms with Gasteiger partial charge in [0.2, 0.25) is 5.89 Å². The number of thioether (sulfide) groups is 1. The number of pyridine rings is 1. The highest BCUT2D eigenvalue weighted by atomic mass is 35.5. The summed E-state index contributed by atoms with van der Waals surface area (Å²) >= 11 is 7.21. The summed E-state index contributed by atoms with van der Waals surface area (Å²) in [6.07, 6.45) is -9.63. The Balaban J connectivity index is 0.000000894. The number of ether oxygens (including phenoxy) is 3. The minimum Gasteiger partial charge on any atom is -0.490 e. The molecular formula is C40H40ClF6N7O10S. The number of esters is 2. The number of carbonyl (C=O) groups is 4. The van der Waals surface area contributed by atoms with Crippen molar-refractivity contribution in [1.29, 1.82) is 10.5 Å². The highest BCUT2D eigenvalue weighted by Crippen LogP contribution is 2.37. The van der Waals surface area contributed by atoms with Gasteiger partial charge in [0.25, 0.3) is 0 Å². The van der Waals surface area contributed by atoms with Gasteiger partial charge in [-0.15, -0.1) is 0 Å². The van der Waals surface area contributed by atoms with Crippen LogP contribution in [-0.4, -0.2) is 87.8 Å². The van der Waals surface area contributed by atoms with Crippen molar-refractivity contribution in [3.63, 3.8) is 0 Å². The number of carbonyl (C=O) groups excluding carboxylic acids is 2. The largest absolute Gasteiger partial charge is 0.490 e. The number of nitrogens with two attached hydrogens (primary N) is 3. The first-order valence-corrected chi connectivity index (χ1v) is 19.8. The van der Waals surface area contributed by atoms with Crippen LogP contribution in [0.15, 0.2) is 64.2 Å². The molecule has 0 aliphatic carbocycles. The maximum Gasteiger partial charge on any atom is 0.490 e. The number of carboxylic acid groups (broad SMARTS) is 2. The topological polar surface area (TPSA) is 301 Å². The Kier molecular flexibility index (Phi) is 20.5. The van der Waals surface area contributed by atoms with E-state index in [0.29, 0.717) is 44.3 Å². The van der Waals surface area contributed by atoms with Crippen LogP contribution in [0.5, 0.6) is 5.75 Å². The van der Waals surface area contributed by atoms with Crippen LogP contribution in [-0.2, 0) is 34.4 Å². The molecule has 65 heavy (non-hydrogen) atoms. The molecule has 0 unspecified atom stereocenters. The highest BCUT2D eigenvalue weighted by Gasteiger charge is 2.39. The van der Waals surface area contributed by atoms with Gasteiger partial charge in [-0.1, -0.05) is 63.2 Å². The van der Waals surface area contributed by atoms with Crippen molar-refractivity contribution in [2.45, 2.75) is 69.0 Å². The number of hydrogen-bond donors (Lipinski definition) is 5. The van der Waals surface area contributed by atoms with E-state index in [9.17, 15) is 46.5 Å². The average Bonchev–Trinajstić information content (AvgIpc) is 3.72. The normalized spacial score (nSPS) is 12.5. The Morgan fingerprint density at radius 1 is 0.800 bits per heavy atom. The van der Waals surface area contributed by atoms with Gasteiger partial charge < -0.3 is 46.0 Å². The lowest BCUT2D eigenvalue weighted by Gasteiger charge is -2.23. The number of nitriles is 2. The number of nitrogen functional groups attached to an aromatic ring is 1. The van der Waals surface area contributed by atoms with E-state index in [1.54, 1.807) is 76.2 Å². The lowest BCUT2D eigenvalue weighted by molar-refractivity contribution is -0.193. The van der Waals surface area contributed by atoms with E-state index in [-0.39, 0.29) is 42.0 Å². The molecule has 0 saturated carbocycles. The molecule has 0 fully saturated rings. The quantitative estimate of drug-likeness (QED) is 0.0468. The number of alkyl halides is 6. The second-order valence-electron chi connectivity index (χ2n) is 13.8. The SMILES string of the molecule is CC(C)[C@H](N)C(=O)OC[C@H](COc1ccc(-c2c(C#N)c(N)nc(SCc3coc(-c4ccc(Cl)cc4)n3)c2C#N)cc1)OC(=O)[C@@H](N)C(C)C.O=C(O)C(F)(F)F.O=C(O)C(F)(F)F. The third kappa shape index (κ3) is 17.1. The molecule has 17 nitrogen and oxygen atoms in total. The molecule has 2 aromatic heterocycles. The zero-order valence-corrected chi connectivity index (χ0v) is 36.0. The summed E-state index contributed by atoms with van der Waals surface area (Å²) in [5.41, 5.74) is 20.5. The minimum absolute atomic E-state index is 0.0349. The maximum absolute atomic E-state index is 12.6. The molecule has 0 bridgehead atoms. The molecule has 25 heteroatoms. The third-order valence-corrected chi connectivity index (χ3v) is 9.42. The summed E-state index contributed by atoms with van der Waals surface area (Å²) in [6, 6.07) is 16.1. The second-order valence-corrected chi connectivity index (χ2v) is 15.2. The first-order valence-electron chi connectivity index (χ1n) is 18.4. The van der Waals surface area contributed by atoms with Gasteiger partial charge in [-0.2, -0.15) is 36.9 Å². The lowest BCUT2D eigenvalue weighted by Crippen LogP contribution is -2.43. The monoisotopic (exact) mass is 959 g/mol. The summed E-state index contributed by atoms with van der Waals surface area (Å²) < 4.78 is 85.8. The van der Waals surface area contributed by atoms with E-state index in [0.717, 1.165) is 5.56 Å². The molecule has 3 atom stereocenters. The fourth-order valence-corrected chi connectivity index (χ4v) is 5.51. The predicted octanol–water partition coefficient (Wildman–Crippen LogP) is 6.74. The second kappa shape index (κ2) is 24.5. The van der Waals surface area contributed by atoms with E-state index in [2.05, 4.69) is 22.1 Å². The van der Waals surface area contributed by atoms with Crippen molar-refractivity contribution in [3.8, 4) is 40.5 Å². The number of hydrogen-bond acceptors (Lipinski definition) is 16. The van der Waals surface area contributed by atoms with E-state index in [1.165, 1.54) is 18.0 Å². The number of rotatable bonds is 15. The van der Waals surface area contributed by atoms with E-state index in [4.69, 9.17) is 67.2 Å². The van der Waals surface area contributed by atoms with Crippen molar-refractivity contribution < 1.29 is 74.4 Å². The molecule has 8 N–H and O–H groups in total. The number of halogens is 7. The molecule has 0 amide bonds. The molecule has 0 saturated heterocycles. The molecule has 4 rings (SSSR count). The van der Waals surface area contributed by atoms with Gasteiger partial charge in [-0.3, -0.25) is 9.59 Å². The zero-order chi connectivity index (χ0) is 49.4. The Morgan fingerprint density at radius 3 is 1.77 bits per heavy atom. The van der Waals surface area contributed by atoms with Crippen molar-refractivity contribution in [1.82, 2.24) is 9.97 Å². The molecule has 350 valence electrons. The summed E-state index contributed by atoms with van der Waals surface area (Å²) in [5.74, 6) is -6.10. The number of aliphatic carboxylic acids is 2. The van der Waals surface area contributed by atoms with Crippen LogP contribution in [0.3, 0.4) is 0 Å². The van der Waals surface area contributed by atoms with Crippen LogP contribution in [0.25, 0.3) is 22.6 Å². The summed E-state index contributed by atoms with van der Waals surface area (Å²) in [6.45, 7) is 6.67. The molecule has 0 spiro atoms. The fraction of sp³-hybridized carbons (Fsp3) is 0.350. The van der Waals surface area contributed by atoms with Crippen LogP contribution in [0.1, 0.15) is 44.5 Å². The average molecular weight is 960 g/mol. The van der Waals surface area contributed by atoms with Gasteiger partial charge in [0, 0.05) is 21.9 Å². The number of aromatic nitrogens is 2. The van der Waals surface area contributed by atoms with Crippen LogP contribution < -0.4 is 21.9 Å². The Morgan fingerprint density at radius 2 is 1.29 bits per heavy atom. The van der Waals surface area contributed by atoms with Crippen molar-refractivity contribution >= 4 is 53.1 Å². The van der Waals surface area contributed by atoms with Gasteiger partial charge in [-0.05, 0) is 53.8 Å². The molecule has 4 aromatic rings. The molecular weight excluding hydrogens is 920 g/mol. The molecule has 0 aliphatic rings. The molecule has 0 aliphatic heterocycles. The van der Waals surface area contributed by atoms with Gasteiger partial charge in [0.15, 0.2) is 6.10 Å². The Hall–Kier alpha value is -6.60. The number of oxazole rings is 1. The molecule has 2 aromatic carbocycles. The first kappa shape index (κ1) is 54.5. The molecule has 2 heterocycles. The Labute approximate surface area is 375 Å². The van der Waals surface area contributed by atoms with E-state index >= 15 is 0 Å². The summed E-state index contributed by atoms with van der Waals surface area (Å²) in [7, 11) is 0. The van der Waals surface area contributed by atoms with Gasteiger partial charge in [0.05, 0.1) is 11.3 Å². The number of anilines is 1. The van der Waals surface area contributed by atoms with Gasteiger partial charge in [0.1, 0.15) is 65.9 Å². The molecule has 0 radical (unpaired) electrons. The smallest absolute Gasteiger partial charge is 0.490 e. The van der Waals surface area contributed by atoms with Crippen LogP contribution in [0, 0.1) is 34.5 Å². The van der Waals surface area contributed by atoms with E-state index in [1.807, 2.05) is 0 Å². The van der Waals surface area contributed by atoms with Crippen molar-refractivity contribution in [2.75, 3.05) is 18.9 Å². The van der Waals surface area contributed by atoms with Crippen LogP contribution >= 0.6 is 23.4 Å². The number of carboxylic acids is 2. The third-order valence-electron chi connectivity index (χ3n) is 8.15. The van der Waals surface area contributed by atoms with Gasteiger partial charge in [-0.25, -0.2) is 19.6 Å². The standard InChI is InChI=1S/C36H38ClN7O6S.2C2HF3O2/c1-19(2)30(40)35(45)49-17-26(50-36(46)31(41)20(3)4)16-47-25-11-7-21(8-12-25)29-27(13-38)32(42)44-34(28(29)14-39)51-18-24-15-48-33(43-24)22-5-9-23(37)10-6-22;2*3-2(4,5)1(6)7/h5-12,15,19-20,26,30-31H,16-18,40-41H2,1-4H3,(H2,42,44);2*(H,6,7)/t26-,30-,31-;;/m0../s1. The summed E-state index contributed by atoms with van der Waals surface area (Å²) in [5, 5.41) is 35.4. The lowest BCUT2D eigenvalue weighted by atomic mass is 9.97. The zero-order valence-electron chi connectivity index (χ0n) is 34.4. The van der Waals surface area contributed by atoms with Crippen molar-refractivity contribution in [3.05, 3.63) is 76.6 Å². The number of benzene rings is 2. The van der Waals surface area contributed by atoms with Crippen molar-refractivity contribution in [2.24, 2.45) is 23.3 Å². The van der Waals surface area contributed by atoms with E-state index < -0.39 is 54.4 Å². The predicted molar refractivity (Wildman–Crippen MR) is 219 cm³/mol. The summed E-state index contributed by atoms with van der Waals surface area (Å²) in [4.78, 5) is 51.7.